The van der Waals surface area contributed by atoms with Gasteiger partial charge >= 0.3 is 0 Å². The molecule has 0 saturated carbocycles. The zero-order valence-corrected chi connectivity index (χ0v) is 20.5. The van der Waals surface area contributed by atoms with E-state index < -0.39 is 21.8 Å². The first-order valence-corrected chi connectivity index (χ1v) is 12.8. The number of rotatable bonds is 7. The molecule has 0 aliphatic carbocycles. The number of aromatic nitrogens is 4. The number of hydrogen-bond acceptors (Lipinski definition) is 9. The molecule has 36 heavy (non-hydrogen) atoms. The summed E-state index contributed by atoms with van der Waals surface area (Å²) in [6.45, 7) is 3.47. The van der Waals surface area contributed by atoms with Gasteiger partial charge in [0.2, 0.25) is 5.82 Å². The van der Waals surface area contributed by atoms with E-state index in [0.29, 0.717) is 16.6 Å². The number of hydrogen-bond donors (Lipinski definition) is 1. The quantitative estimate of drug-likeness (QED) is 0.389. The van der Waals surface area contributed by atoms with Crippen LogP contribution in [0.4, 0.5) is 10.2 Å². The van der Waals surface area contributed by atoms with Gasteiger partial charge in [0.15, 0.2) is 22.4 Å². The van der Waals surface area contributed by atoms with Crippen LogP contribution in [0.3, 0.4) is 0 Å². The minimum Gasteiger partial charge on any atom is -0.463 e. The summed E-state index contributed by atoms with van der Waals surface area (Å²) in [6, 6.07) is 10.3. The summed E-state index contributed by atoms with van der Waals surface area (Å²) in [5, 5.41) is 3.72. The molecule has 5 rings (SSSR count). The third-order valence-electron chi connectivity index (χ3n) is 6.02. The fourth-order valence-corrected chi connectivity index (χ4v) is 5.59. The highest BCUT2D eigenvalue weighted by atomic mass is 32.2. The zero-order valence-electron chi connectivity index (χ0n) is 19.6. The highest BCUT2D eigenvalue weighted by Gasteiger charge is 2.44. The Morgan fingerprint density at radius 2 is 1.81 bits per heavy atom. The van der Waals surface area contributed by atoms with Crippen LogP contribution >= 0.6 is 0 Å². The second-order valence-corrected chi connectivity index (χ2v) is 10.2. The van der Waals surface area contributed by atoms with Crippen LogP contribution in [0.25, 0.3) is 11.0 Å². The monoisotopic (exact) mass is 513 g/mol. The van der Waals surface area contributed by atoms with Crippen LogP contribution in [0.5, 0.6) is 5.88 Å². The van der Waals surface area contributed by atoms with E-state index in [1.54, 1.807) is 42.6 Å². The Bertz CT molecular complexity index is 1470. The van der Waals surface area contributed by atoms with E-state index in [1.807, 2.05) is 0 Å². The molecule has 1 aromatic carbocycles. The van der Waals surface area contributed by atoms with Crippen molar-refractivity contribution in [1.29, 1.82) is 0 Å². The maximum absolute atomic E-state index is 16.3. The Morgan fingerprint density at radius 1 is 1.08 bits per heavy atom. The predicted molar refractivity (Wildman–Crippen MR) is 128 cm³/mol. The molecular weight excluding hydrogens is 489 g/mol. The van der Waals surface area contributed by atoms with E-state index in [-0.39, 0.29) is 54.1 Å². The Morgan fingerprint density at radius 3 is 2.44 bits per heavy atom. The number of halogens is 1. The van der Waals surface area contributed by atoms with Crippen LogP contribution in [0.15, 0.2) is 58.2 Å². The van der Waals surface area contributed by atoms with Crippen LogP contribution in [0, 0.1) is 13.8 Å². The van der Waals surface area contributed by atoms with Gasteiger partial charge in [0.1, 0.15) is 5.69 Å². The van der Waals surface area contributed by atoms with Crippen LogP contribution in [0.2, 0.25) is 0 Å². The second-order valence-electron chi connectivity index (χ2n) is 8.56. The molecule has 1 atom stereocenters. The highest BCUT2D eigenvalue weighted by Crippen LogP contribution is 2.42. The highest BCUT2D eigenvalue weighted by molar-refractivity contribution is 7.92. The minimum atomic E-state index is -4.18. The molecule has 1 fully saturated rings. The molecule has 188 valence electrons. The van der Waals surface area contributed by atoms with E-state index in [2.05, 4.69) is 24.8 Å². The average molecular weight is 514 g/mol. The maximum atomic E-state index is 16.3. The number of sulfonamides is 1. The topological polar surface area (TPSA) is 129 Å². The normalized spacial score (nSPS) is 16.5. The SMILES string of the molecule is Cc1noc(C)c1S(=O)(=O)Nc1nc2ccccc2nc1OC(c1cccnc1)C1(F)CCOCC1. The number of alkyl halides is 1. The van der Waals surface area contributed by atoms with E-state index in [0.717, 1.165) is 0 Å². The Labute approximate surface area is 206 Å². The van der Waals surface area contributed by atoms with Crippen molar-refractivity contribution in [1.82, 2.24) is 20.1 Å². The summed E-state index contributed by atoms with van der Waals surface area (Å²) < 4.78 is 61.9. The van der Waals surface area contributed by atoms with Gasteiger partial charge in [-0.05, 0) is 32.0 Å². The zero-order chi connectivity index (χ0) is 25.3. The van der Waals surface area contributed by atoms with Gasteiger partial charge in [-0.25, -0.2) is 22.8 Å². The van der Waals surface area contributed by atoms with Gasteiger partial charge in [-0.15, -0.1) is 0 Å². The lowest BCUT2D eigenvalue weighted by Gasteiger charge is -2.36. The molecule has 0 radical (unpaired) electrons. The molecule has 4 heterocycles. The first-order chi connectivity index (χ1) is 17.3. The molecule has 1 saturated heterocycles. The molecule has 0 spiro atoms. The number of nitrogens with zero attached hydrogens (tertiary/aromatic N) is 4. The van der Waals surface area contributed by atoms with Crippen molar-refractivity contribution in [2.24, 2.45) is 0 Å². The second kappa shape index (κ2) is 9.43. The summed E-state index contributed by atoms with van der Waals surface area (Å²) in [5.41, 5.74) is -0.240. The van der Waals surface area contributed by atoms with Crippen molar-refractivity contribution < 1.29 is 26.8 Å². The number of anilines is 1. The van der Waals surface area contributed by atoms with Crippen LogP contribution in [-0.2, 0) is 14.8 Å². The number of para-hydroxylation sites is 2. The molecule has 12 heteroatoms. The summed E-state index contributed by atoms with van der Waals surface area (Å²) in [4.78, 5) is 13.0. The number of aryl methyl sites for hydroxylation is 2. The van der Waals surface area contributed by atoms with Crippen LogP contribution in [-0.4, -0.2) is 47.4 Å². The fourth-order valence-electron chi connectivity index (χ4n) is 4.26. The lowest BCUT2D eigenvalue weighted by Crippen LogP contribution is -2.40. The predicted octanol–water partition coefficient (Wildman–Crippen LogP) is 4.07. The van der Waals surface area contributed by atoms with E-state index in [1.165, 1.54) is 20.0 Å². The van der Waals surface area contributed by atoms with Crippen molar-refractivity contribution in [2.75, 3.05) is 17.9 Å². The molecule has 0 bridgehead atoms. The standard InChI is InChI=1S/C24H24FN5O5S/c1-15-20(16(2)35-29-15)36(31,32)30-22-23(28-19-8-4-3-7-18(19)27-22)34-21(17-6-5-11-26-14-17)24(25)9-12-33-13-10-24/h3-8,11,14,21H,9-10,12-13H2,1-2H3,(H,27,30). The van der Waals surface area contributed by atoms with Gasteiger partial charge in [-0.2, -0.15) is 0 Å². The summed E-state index contributed by atoms with van der Waals surface area (Å²) >= 11 is 0. The van der Waals surface area contributed by atoms with Crippen molar-refractivity contribution in [3.05, 3.63) is 65.8 Å². The van der Waals surface area contributed by atoms with Gasteiger partial charge in [-0.3, -0.25) is 9.71 Å². The van der Waals surface area contributed by atoms with Crippen molar-refractivity contribution in [2.45, 2.75) is 43.4 Å². The molecule has 1 unspecified atom stereocenters. The molecule has 1 aliphatic heterocycles. The summed E-state index contributed by atoms with van der Waals surface area (Å²) in [6.07, 6.45) is 2.15. The largest absolute Gasteiger partial charge is 0.463 e. The van der Waals surface area contributed by atoms with Gasteiger partial charge in [0, 0.05) is 44.0 Å². The summed E-state index contributed by atoms with van der Waals surface area (Å²) in [7, 11) is -4.18. The molecule has 4 aromatic rings. The lowest BCUT2D eigenvalue weighted by atomic mass is 9.86. The number of benzene rings is 1. The van der Waals surface area contributed by atoms with Crippen molar-refractivity contribution in [3.8, 4) is 5.88 Å². The average Bonchev–Trinajstić information content (AvgIpc) is 3.22. The third-order valence-corrected chi connectivity index (χ3v) is 7.60. The Hall–Kier alpha value is -3.64. The fraction of sp³-hybridized carbons (Fsp3) is 0.333. The van der Waals surface area contributed by atoms with E-state index in [9.17, 15) is 8.42 Å². The summed E-state index contributed by atoms with van der Waals surface area (Å²) in [5.74, 6) is -0.228. The molecule has 3 aromatic heterocycles. The van der Waals surface area contributed by atoms with E-state index >= 15 is 4.39 Å². The van der Waals surface area contributed by atoms with Crippen molar-refractivity contribution >= 4 is 26.9 Å². The van der Waals surface area contributed by atoms with Crippen LogP contribution in [0.1, 0.15) is 36.0 Å². The van der Waals surface area contributed by atoms with Gasteiger partial charge in [0.05, 0.1) is 11.0 Å². The van der Waals surface area contributed by atoms with Gasteiger partial charge in [0.25, 0.3) is 15.9 Å². The van der Waals surface area contributed by atoms with Crippen LogP contribution < -0.4 is 9.46 Å². The molecule has 10 nitrogen and oxygen atoms in total. The lowest BCUT2D eigenvalue weighted by molar-refractivity contribution is -0.0742. The first kappa shape index (κ1) is 24.1. The number of ether oxygens (including phenoxy) is 2. The Kier molecular flexibility index (Phi) is 6.31. The Balaban J connectivity index is 1.61. The van der Waals surface area contributed by atoms with Gasteiger partial charge in [-0.1, -0.05) is 23.4 Å². The maximum Gasteiger partial charge on any atom is 0.268 e. The minimum absolute atomic E-state index is 0.0910. The van der Waals surface area contributed by atoms with E-state index in [4.69, 9.17) is 14.0 Å². The molecule has 0 amide bonds. The molecule has 1 aliphatic rings. The number of fused-ring (bicyclic) bond motifs is 1. The third kappa shape index (κ3) is 4.61. The van der Waals surface area contributed by atoms with Crippen molar-refractivity contribution in [3.63, 3.8) is 0 Å². The number of nitrogens with one attached hydrogen (secondary N) is 1. The number of pyridine rings is 1. The smallest absolute Gasteiger partial charge is 0.268 e. The van der Waals surface area contributed by atoms with Gasteiger partial charge < -0.3 is 14.0 Å². The molecule has 1 N–H and O–H groups in total. The molecular formula is C24H24FN5O5S. The first-order valence-electron chi connectivity index (χ1n) is 11.3.